The summed E-state index contributed by atoms with van der Waals surface area (Å²) in [6.45, 7) is 4.37. The molecule has 3 rings (SSSR count). The highest BCUT2D eigenvalue weighted by Gasteiger charge is 2.28. The lowest BCUT2D eigenvalue weighted by Crippen LogP contribution is -2.35. The third-order valence-electron chi connectivity index (χ3n) is 4.13. The van der Waals surface area contributed by atoms with Crippen molar-refractivity contribution >= 4 is 23.1 Å². The average Bonchev–Trinajstić information content (AvgIpc) is 2.44. The van der Waals surface area contributed by atoms with Crippen molar-refractivity contribution in [1.82, 2.24) is 9.55 Å². The van der Waals surface area contributed by atoms with E-state index in [1.165, 1.54) is 0 Å². The van der Waals surface area contributed by atoms with Crippen LogP contribution < -0.4 is 5.56 Å². The fraction of sp³-hybridized carbons (Fsp3) is 0.467. The first-order valence-corrected chi connectivity index (χ1v) is 7.30. The second-order valence-electron chi connectivity index (χ2n) is 5.79. The lowest BCUT2D eigenvalue weighted by molar-refractivity contribution is 0.0148. The number of hydrogen-bond acceptors (Lipinski definition) is 3. The predicted octanol–water partition coefficient (Wildman–Crippen LogP) is 2.88. The highest BCUT2D eigenvalue weighted by molar-refractivity contribution is 7.71. The molecule has 106 valence electrons. The van der Waals surface area contributed by atoms with Gasteiger partial charge in [-0.25, -0.2) is 0 Å². The standard InChI is InChI=1S/C15H18N2O2S/c1-15(6-8-19-9-7-15)10-17-13(18)11-4-2-3-5-12(11)16-14(17)20/h2-5H,6-10H2,1H3,(H,16,20). The summed E-state index contributed by atoms with van der Waals surface area (Å²) in [6.07, 6.45) is 1.92. The highest BCUT2D eigenvalue weighted by atomic mass is 32.1. The Hall–Kier alpha value is -1.46. The molecule has 1 fully saturated rings. The van der Waals surface area contributed by atoms with Crippen molar-refractivity contribution in [2.75, 3.05) is 13.2 Å². The Morgan fingerprint density at radius 2 is 2.05 bits per heavy atom. The van der Waals surface area contributed by atoms with Crippen LogP contribution in [-0.2, 0) is 11.3 Å². The Kier molecular flexibility index (Phi) is 3.48. The monoisotopic (exact) mass is 290 g/mol. The number of nitrogens with one attached hydrogen (secondary N) is 1. The zero-order valence-electron chi connectivity index (χ0n) is 11.5. The first-order valence-electron chi connectivity index (χ1n) is 6.89. The minimum Gasteiger partial charge on any atom is -0.381 e. The van der Waals surface area contributed by atoms with E-state index in [-0.39, 0.29) is 11.0 Å². The summed E-state index contributed by atoms with van der Waals surface area (Å²) in [4.78, 5) is 15.8. The number of nitrogens with zero attached hydrogens (tertiary/aromatic N) is 1. The van der Waals surface area contributed by atoms with E-state index in [1.54, 1.807) is 4.57 Å². The molecule has 1 aliphatic heterocycles. The maximum Gasteiger partial charge on any atom is 0.262 e. The van der Waals surface area contributed by atoms with Crippen LogP contribution in [0.4, 0.5) is 0 Å². The van der Waals surface area contributed by atoms with E-state index in [1.807, 2.05) is 24.3 Å². The van der Waals surface area contributed by atoms with Gasteiger partial charge in [-0.2, -0.15) is 0 Å². The summed E-state index contributed by atoms with van der Waals surface area (Å²) < 4.78 is 7.61. The van der Waals surface area contributed by atoms with Crippen LogP contribution in [0.1, 0.15) is 19.8 Å². The van der Waals surface area contributed by atoms with Gasteiger partial charge in [-0.3, -0.25) is 9.36 Å². The van der Waals surface area contributed by atoms with E-state index in [0.29, 0.717) is 16.7 Å². The number of para-hydroxylation sites is 1. The van der Waals surface area contributed by atoms with Crippen LogP contribution in [0.3, 0.4) is 0 Å². The molecule has 20 heavy (non-hydrogen) atoms. The molecule has 1 aromatic heterocycles. The molecule has 2 heterocycles. The Balaban J connectivity index is 2.07. The molecule has 0 unspecified atom stereocenters. The fourth-order valence-corrected chi connectivity index (χ4v) is 3.00. The van der Waals surface area contributed by atoms with Gasteiger partial charge in [0, 0.05) is 19.8 Å². The summed E-state index contributed by atoms with van der Waals surface area (Å²) in [5.41, 5.74) is 0.874. The van der Waals surface area contributed by atoms with Crippen molar-refractivity contribution in [2.45, 2.75) is 26.3 Å². The molecule has 0 aliphatic carbocycles. The molecule has 0 saturated carbocycles. The topological polar surface area (TPSA) is 47.0 Å². The lowest BCUT2D eigenvalue weighted by Gasteiger charge is -2.33. The number of aromatic nitrogens is 2. The van der Waals surface area contributed by atoms with Gasteiger partial charge in [0.05, 0.1) is 10.9 Å². The SMILES string of the molecule is CC1(Cn2c(=S)[nH]c3ccccc3c2=O)CCOCC1. The molecular weight excluding hydrogens is 272 g/mol. The smallest absolute Gasteiger partial charge is 0.262 e. The summed E-state index contributed by atoms with van der Waals surface area (Å²) in [7, 11) is 0. The maximum atomic E-state index is 12.6. The van der Waals surface area contributed by atoms with Gasteiger partial charge >= 0.3 is 0 Å². The minimum atomic E-state index is -0.00272. The molecule has 0 bridgehead atoms. The van der Waals surface area contributed by atoms with Crippen LogP contribution in [0.2, 0.25) is 0 Å². The molecular formula is C15H18N2O2S. The van der Waals surface area contributed by atoms with E-state index in [4.69, 9.17) is 17.0 Å². The van der Waals surface area contributed by atoms with Crippen molar-refractivity contribution < 1.29 is 4.74 Å². The lowest BCUT2D eigenvalue weighted by atomic mass is 9.82. The van der Waals surface area contributed by atoms with Gasteiger partial charge in [0.15, 0.2) is 4.77 Å². The van der Waals surface area contributed by atoms with E-state index in [0.717, 1.165) is 31.6 Å². The molecule has 0 amide bonds. The Bertz CT molecular complexity index is 741. The molecule has 1 aromatic carbocycles. The second-order valence-corrected chi connectivity index (χ2v) is 6.18. The van der Waals surface area contributed by atoms with Gasteiger partial charge in [-0.1, -0.05) is 19.1 Å². The molecule has 0 atom stereocenters. The largest absolute Gasteiger partial charge is 0.381 e. The fourth-order valence-electron chi connectivity index (χ4n) is 2.75. The molecule has 0 spiro atoms. The number of benzene rings is 1. The molecule has 5 heteroatoms. The van der Waals surface area contributed by atoms with Gasteiger partial charge in [0.1, 0.15) is 0 Å². The number of H-pyrrole nitrogens is 1. The first-order chi connectivity index (χ1) is 9.59. The van der Waals surface area contributed by atoms with Crippen LogP contribution in [0.25, 0.3) is 10.9 Å². The zero-order chi connectivity index (χ0) is 14.2. The average molecular weight is 290 g/mol. The van der Waals surface area contributed by atoms with Crippen LogP contribution in [-0.4, -0.2) is 22.8 Å². The first kappa shape index (κ1) is 13.5. The van der Waals surface area contributed by atoms with Gasteiger partial charge in [-0.05, 0) is 42.6 Å². The third-order valence-corrected chi connectivity index (χ3v) is 4.45. The second kappa shape index (κ2) is 5.14. The summed E-state index contributed by atoms with van der Waals surface area (Å²) >= 11 is 5.36. The van der Waals surface area contributed by atoms with Crippen molar-refractivity contribution in [3.05, 3.63) is 39.4 Å². The summed E-state index contributed by atoms with van der Waals surface area (Å²) in [6, 6.07) is 7.50. The van der Waals surface area contributed by atoms with Crippen molar-refractivity contribution in [3.8, 4) is 0 Å². The number of fused-ring (bicyclic) bond motifs is 1. The minimum absolute atomic E-state index is 0.00272. The third kappa shape index (κ3) is 2.43. The Morgan fingerprint density at radius 1 is 1.35 bits per heavy atom. The Morgan fingerprint density at radius 3 is 2.80 bits per heavy atom. The van der Waals surface area contributed by atoms with Crippen molar-refractivity contribution in [3.63, 3.8) is 0 Å². The van der Waals surface area contributed by atoms with Gasteiger partial charge in [-0.15, -0.1) is 0 Å². The van der Waals surface area contributed by atoms with E-state index >= 15 is 0 Å². The van der Waals surface area contributed by atoms with Gasteiger partial charge < -0.3 is 9.72 Å². The van der Waals surface area contributed by atoms with Crippen LogP contribution in [0.5, 0.6) is 0 Å². The molecule has 4 nitrogen and oxygen atoms in total. The predicted molar refractivity (Wildman–Crippen MR) is 81.6 cm³/mol. The van der Waals surface area contributed by atoms with Crippen molar-refractivity contribution in [2.24, 2.45) is 5.41 Å². The maximum absolute atomic E-state index is 12.6. The van der Waals surface area contributed by atoms with E-state index < -0.39 is 0 Å². The highest BCUT2D eigenvalue weighted by Crippen LogP contribution is 2.31. The zero-order valence-corrected chi connectivity index (χ0v) is 12.3. The number of ether oxygens (including phenoxy) is 1. The van der Waals surface area contributed by atoms with E-state index in [2.05, 4.69) is 11.9 Å². The molecule has 0 radical (unpaired) electrons. The molecule has 1 N–H and O–H groups in total. The van der Waals surface area contributed by atoms with Crippen LogP contribution in [0, 0.1) is 10.2 Å². The van der Waals surface area contributed by atoms with E-state index in [9.17, 15) is 4.79 Å². The van der Waals surface area contributed by atoms with Gasteiger partial charge in [0.2, 0.25) is 0 Å². The Labute approximate surface area is 122 Å². The van der Waals surface area contributed by atoms with Crippen LogP contribution in [0.15, 0.2) is 29.1 Å². The number of hydrogen-bond donors (Lipinski definition) is 1. The quantitative estimate of drug-likeness (QED) is 0.865. The number of rotatable bonds is 2. The normalized spacial score (nSPS) is 18.2. The van der Waals surface area contributed by atoms with Crippen molar-refractivity contribution in [1.29, 1.82) is 0 Å². The summed E-state index contributed by atoms with van der Waals surface area (Å²) in [5, 5.41) is 0.691. The summed E-state index contributed by atoms with van der Waals surface area (Å²) in [5.74, 6) is 0. The molecule has 2 aromatic rings. The van der Waals surface area contributed by atoms with Gasteiger partial charge in [0.25, 0.3) is 5.56 Å². The number of aromatic amines is 1. The molecule has 1 saturated heterocycles. The molecule has 1 aliphatic rings. The van der Waals surface area contributed by atoms with Crippen LogP contribution >= 0.6 is 12.2 Å².